The van der Waals surface area contributed by atoms with Crippen LogP contribution in [0.1, 0.15) is 38.2 Å². The lowest BCUT2D eigenvalue weighted by molar-refractivity contribution is -0.133. The van der Waals surface area contributed by atoms with Crippen LogP contribution in [0.5, 0.6) is 5.75 Å². The molecular weight excluding hydrogens is 250 g/mol. The smallest absolute Gasteiger partial charge is 0.222 e. The molecular formula is C17H25NO2. The van der Waals surface area contributed by atoms with Crippen molar-refractivity contribution in [1.29, 1.82) is 0 Å². The summed E-state index contributed by atoms with van der Waals surface area (Å²) in [4.78, 5) is 14.0. The molecule has 2 rings (SSSR count). The van der Waals surface area contributed by atoms with E-state index in [-0.39, 0.29) is 0 Å². The van der Waals surface area contributed by atoms with Crippen molar-refractivity contribution >= 4 is 5.91 Å². The summed E-state index contributed by atoms with van der Waals surface area (Å²) in [5, 5.41) is 0. The average molecular weight is 275 g/mol. The van der Waals surface area contributed by atoms with E-state index in [2.05, 4.69) is 26.0 Å². The van der Waals surface area contributed by atoms with Crippen molar-refractivity contribution in [3.05, 3.63) is 29.8 Å². The van der Waals surface area contributed by atoms with Gasteiger partial charge in [0.2, 0.25) is 5.91 Å². The maximum Gasteiger partial charge on any atom is 0.222 e. The van der Waals surface area contributed by atoms with Gasteiger partial charge in [0.15, 0.2) is 0 Å². The second-order valence-electron chi connectivity index (χ2n) is 5.73. The van der Waals surface area contributed by atoms with Crippen molar-refractivity contribution < 1.29 is 9.53 Å². The maximum atomic E-state index is 11.9. The number of benzene rings is 1. The molecule has 1 fully saturated rings. The molecule has 0 spiro atoms. The molecule has 110 valence electrons. The zero-order valence-corrected chi connectivity index (χ0v) is 12.6. The Balaban J connectivity index is 1.82. The molecule has 1 saturated heterocycles. The van der Waals surface area contributed by atoms with Crippen LogP contribution in [0.3, 0.4) is 0 Å². The van der Waals surface area contributed by atoms with Gasteiger partial charge in [-0.1, -0.05) is 19.1 Å². The standard InChI is InChI=1S/C17H25NO2/c1-3-6-17(19)18-10-5-8-15(12-18)13-20-16-9-4-7-14(2)11-16/h4,7,9,11,15H,3,5-6,8,10,12-13H2,1-2H3. The van der Waals surface area contributed by atoms with Crippen molar-refractivity contribution in [2.24, 2.45) is 5.92 Å². The van der Waals surface area contributed by atoms with E-state index in [1.54, 1.807) is 0 Å². The number of piperidine rings is 1. The monoisotopic (exact) mass is 275 g/mol. The Labute approximate surface area is 121 Å². The van der Waals surface area contributed by atoms with Gasteiger partial charge < -0.3 is 9.64 Å². The van der Waals surface area contributed by atoms with Crippen LogP contribution in [0.15, 0.2) is 24.3 Å². The molecule has 1 amide bonds. The first-order valence-electron chi connectivity index (χ1n) is 7.66. The highest BCUT2D eigenvalue weighted by atomic mass is 16.5. The zero-order chi connectivity index (χ0) is 14.4. The fraction of sp³-hybridized carbons (Fsp3) is 0.588. The third-order valence-corrected chi connectivity index (χ3v) is 3.81. The first kappa shape index (κ1) is 14.9. The fourth-order valence-electron chi connectivity index (χ4n) is 2.72. The second kappa shape index (κ2) is 7.32. The number of hydrogen-bond acceptors (Lipinski definition) is 2. The molecule has 1 aliphatic heterocycles. The maximum absolute atomic E-state index is 11.9. The molecule has 0 aliphatic carbocycles. The number of ether oxygens (including phenoxy) is 1. The number of carbonyl (C=O) groups is 1. The number of amides is 1. The predicted molar refractivity (Wildman–Crippen MR) is 80.9 cm³/mol. The van der Waals surface area contributed by atoms with Gasteiger partial charge in [-0.05, 0) is 43.9 Å². The molecule has 0 saturated carbocycles. The van der Waals surface area contributed by atoms with Gasteiger partial charge in [-0.15, -0.1) is 0 Å². The Kier molecular flexibility index (Phi) is 5.45. The van der Waals surface area contributed by atoms with Gasteiger partial charge in [0.25, 0.3) is 0 Å². The summed E-state index contributed by atoms with van der Waals surface area (Å²) in [5.74, 6) is 1.69. The first-order valence-corrected chi connectivity index (χ1v) is 7.66. The Bertz CT molecular complexity index is 444. The van der Waals surface area contributed by atoms with Crippen molar-refractivity contribution in [2.45, 2.75) is 39.5 Å². The van der Waals surface area contributed by atoms with Gasteiger partial charge in [0.05, 0.1) is 6.61 Å². The van der Waals surface area contributed by atoms with Gasteiger partial charge >= 0.3 is 0 Å². The molecule has 1 aromatic carbocycles. The quantitative estimate of drug-likeness (QED) is 0.824. The lowest BCUT2D eigenvalue weighted by Gasteiger charge is -2.32. The molecule has 1 aliphatic rings. The van der Waals surface area contributed by atoms with E-state index in [9.17, 15) is 4.79 Å². The molecule has 1 heterocycles. The van der Waals surface area contributed by atoms with Crippen LogP contribution in [-0.2, 0) is 4.79 Å². The van der Waals surface area contributed by atoms with Crippen molar-refractivity contribution in [3.8, 4) is 5.75 Å². The minimum atomic E-state index is 0.299. The highest BCUT2D eigenvalue weighted by Crippen LogP contribution is 2.20. The summed E-state index contributed by atoms with van der Waals surface area (Å²) < 4.78 is 5.88. The third kappa shape index (κ3) is 4.26. The number of nitrogens with zero attached hydrogens (tertiary/aromatic N) is 1. The number of likely N-dealkylation sites (tertiary alicyclic amines) is 1. The van der Waals surface area contributed by atoms with Crippen molar-refractivity contribution in [1.82, 2.24) is 4.90 Å². The van der Waals surface area contributed by atoms with Crippen LogP contribution in [0.4, 0.5) is 0 Å². The van der Waals surface area contributed by atoms with Crippen LogP contribution in [-0.4, -0.2) is 30.5 Å². The van der Waals surface area contributed by atoms with Gasteiger partial charge in [-0.3, -0.25) is 4.79 Å². The molecule has 3 heteroatoms. The second-order valence-corrected chi connectivity index (χ2v) is 5.73. The van der Waals surface area contributed by atoms with Gasteiger partial charge in [0, 0.05) is 25.4 Å². The summed E-state index contributed by atoms with van der Waals surface area (Å²) >= 11 is 0. The fourth-order valence-corrected chi connectivity index (χ4v) is 2.72. The number of hydrogen-bond donors (Lipinski definition) is 0. The van der Waals surface area contributed by atoms with Crippen LogP contribution < -0.4 is 4.74 Å². The topological polar surface area (TPSA) is 29.5 Å². The van der Waals surface area contributed by atoms with Crippen molar-refractivity contribution in [3.63, 3.8) is 0 Å². The van der Waals surface area contributed by atoms with Crippen molar-refractivity contribution in [2.75, 3.05) is 19.7 Å². The summed E-state index contributed by atoms with van der Waals surface area (Å²) in [7, 11) is 0. The lowest BCUT2D eigenvalue weighted by atomic mass is 9.98. The third-order valence-electron chi connectivity index (χ3n) is 3.81. The minimum absolute atomic E-state index is 0.299. The summed E-state index contributed by atoms with van der Waals surface area (Å²) in [6.45, 7) is 6.60. The molecule has 1 atom stereocenters. The number of aryl methyl sites for hydroxylation is 1. The van der Waals surface area contributed by atoms with Crippen LogP contribution >= 0.6 is 0 Å². The van der Waals surface area contributed by atoms with E-state index in [4.69, 9.17) is 4.74 Å². The van der Waals surface area contributed by atoms with E-state index >= 15 is 0 Å². The minimum Gasteiger partial charge on any atom is -0.493 e. The van der Waals surface area contributed by atoms with Gasteiger partial charge in [-0.25, -0.2) is 0 Å². The van der Waals surface area contributed by atoms with E-state index in [1.807, 2.05) is 17.0 Å². The van der Waals surface area contributed by atoms with E-state index in [1.165, 1.54) is 5.56 Å². The first-order chi connectivity index (χ1) is 9.69. The molecule has 1 aromatic rings. The number of rotatable bonds is 5. The highest BCUT2D eigenvalue weighted by molar-refractivity contribution is 5.76. The Morgan fingerprint density at radius 3 is 3.05 bits per heavy atom. The summed E-state index contributed by atoms with van der Waals surface area (Å²) in [5.41, 5.74) is 1.21. The van der Waals surface area contributed by atoms with E-state index < -0.39 is 0 Å². The highest BCUT2D eigenvalue weighted by Gasteiger charge is 2.23. The zero-order valence-electron chi connectivity index (χ0n) is 12.6. The van der Waals surface area contributed by atoms with Crippen LogP contribution in [0.2, 0.25) is 0 Å². The Morgan fingerprint density at radius 1 is 1.45 bits per heavy atom. The lowest BCUT2D eigenvalue weighted by Crippen LogP contribution is -2.41. The molecule has 3 nitrogen and oxygen atoms in total. The predicted octanol–water partition coefficient (Wildman–Crippen LogP) is 3.41. The summed E-state index contributed by atoms with van der Waals surface area (Å²) in [6.07, 6.45) is 3.85. The molecule has 0 N–H and O–H groups in total. The van der Waals surface area contributed by atoms with Crippen LogP contribution in [0, 0.1) is 12.8 Å². The number of carbonyl (C=O) groups excluding carboxylic acids is 1. The largest absolute Gasteiger partial charge is 0.493 e. The Morgan fingerprint density at radius 2 is 2.30 bits per heavy atom. The molecule has 1 unspecified atom stereocenters. The average Bonchev–Trinajstić information content (AvgIpc) is 2.46. The summed E-state index contributed by atoms with van der Waals surface area (Å²) in [6, 6.07) is 8.14. The molecule has 20 heavy (non-hydrogen) atoms. The van der Waals surface area contributed by atoms with Crippen LogP contribution in [0.25, 0.3) is 0 Å². The normalized spacial score (nSPS) is 18.9. The van der Waals surface area contributed by atoms with Gasteiger partial charge in [-0.2, -0.15) is 0 Å². The van der Waals surface area contributed by atoms with E-state index in [0.717, 1.165) is 38.1 Å². The Hall–Kier alpha value is -1.51. The SMILES string of the molecule is CCCC(=O)N1CCCC(COc2cccc(C)c2)C1. The molecule has 0 radical (unpaired) electrons. The molecule has 0 aromatic heterocycles. The van der Waals surface area contributed by atoms with Gasteiger partial charge in [0.1, 0.15) is 5.75 Å². The molecule has 0 bridgehead atoms. The van der Waals surface area contributed by atoms with E-state index in [0.29, 0.717) is 24.9 Å².